The molecule has 0 saturated carbocycles. The number of hydrogen-bond acceptors (Lipinski definition) is 2. The number of nitrogen functional groups attached to an aromatic ring is 1. The van der Waals surface area contributed by atoms with Gasteiger partial charge in [0.15, 0.2) is 0 Å². The van der Waals surface area contributed by atoms with Gasteiger partial charge < -0.3 is 10.7 Å². The van der Waals surface area contributed by atoms with Crippen LogP contribution in [0.5, 0.6) is 0 Å². The van der Waals surface area contributed by atoms with Crippen LogP contribution in [0.15, 0.2) is 24.3 Å². The first-order chi connectivity index (χ1) is 6.81. The van der Waals surface area contributed by atoms with E-state index in [4.69, 9.17) is 5.73 Å². The SMILES string of the molecule is CCSCc1cc2c(N)cccc2[nH]1. The minimum Gasteiger partial charge on any atom is -0.398 e. The minimum absolute atomic E-state index is 0.853. The normalized spacial score (nSPS) is 10.9. The smallest absolute Gasteiger partial charge is 0.0477 e. The Morgan fingerprint density at radius 1 is 1.43 bits per heavy atom. The molecule has 0 aliphatic rings. The first kappa shape index (κ1) is 9.46. The molecule has 1 heterocycles. The maximum absolute atomic E-state index is 5.87. The van der Waals surface area contributed by atoms with Crippen LogP contribution in [0.1, 0.15) is 12.6 Å². The van der Waals surface area contributed by atoms with E-state index < -0.39 is 0 Å². The van der Waals surface area contributed by atoms with Crippen LogP contribution in [0, 0.1) is 0 Å². The number of anilines is 1. The molecule has 14 heavy (non-hydrogen) atoms. The van der Waals surface area contributed by atoms with E-state index in [9.17, 15) is 0 Å². The van der Waals surface area contributed by atoms with Crippen LogP contribution in [0.4, 0.5) is 5.69 Å². The molecule has 0 aliphatic heterocycles. The average molecular weight is 206 g/mol. The van der Waals surface area contributed by atoms with Crippen molar-refractivity contribution in [2.24, 2.45) is 0 Å². The fourth-order valence-corrected chi connectivity index (χ4v) is 2.11. The summed E-state index contributed by atoms with van der Waals surface area (Å²) >= 11 is 1.91. The molecule has 0 unspecified atom stereocenters. The van der Waals surface area contributed by atoms with Crippen molar-refractivity contribution in [1.82, 2.24) is 4.98 Å². The number of fused-ring (bicyclic) bond motifs is 1. The topological polar surface area (TPSA) is 41.8 Å². The van der Waals surface area contributed by atoms with E-state index in [0.717, 1.165) is 28.1 Å². The zero-order valence-corrected chi connectivity index (χ0v) is 9.03. The first-order valence-corrected chi connectivity index (χ1v) is 5.90. The van der Waals surface area contributed by atoms with Gasteiger partial charge in [0.05, 0.1) is 0 Å². The monoisotopic (exact) mass is 206 g/mol. The van der Waals surface area contributed by atoms with Crippen molar-refractivity contribution < 1.29 is 0 Å². The Balaban J connectivity index is 2.36. The van der Waals surface area contributed by atoms with E-state index in [1.54, 1.807) is 0 Å². The third kappa shape index (κ3) is 1.73. The third-order valence-corrected chi connectivity index (χ3v) is 3.14. The van der Waals surface area contributed by atoms with Crippen LogP contribution in [0.25, 0.3) is 10.9 Å². The number of thioether (sulfide) groups is 1. The number of nitrogens with two attached hydrogens (primary N) is 1. The van der Waals surface area contributed by atoms with Crippen molar-refractivity contribution in [3.05, 3.63) is 30.0 Å². The van der Waals surface area contributed by atoms with Crippen molar-refractivity contribution in [1.29, 1.82) is 0 Å². The summed E-state index contributed by atoms with van der Waals surface area (Å²) < 4.78 is 0. The number of hydrogen-bond donors (Lipinski definition) is 2. The van der Waals surface area contributed by atoms with Gasteiger partial charge >= 0.3 is 0 Å². The highest BCUT2D eigenvalue weighted by atomic mass is 32.2. The van der Waals surface area contributed by atoms with Crippen LogP contribution in [0.3, 0.4) is 0 Å². The Kier molecular flexibility index (Phi) is 2.68. The van der Waals surface area contributed by atoms with E-state index in [1.807, 2.05) is 23.9 Å². The van der Waals surface area contributed by atoms with Gasteiger partial charge in [-0.15, -0.1) is 0 Å². The number of aromatic nitrogens is 1. The Bertz CT molecular complexity index is 434. The molecule has 0 spiro atoms. The molecule has 0 radical (unpaired) electrons. The summed E-state index contributed by atoms with van der Waals surface area (Å²) in [5.41, 5.74) is 9.11. The molecule has 3 heteroatoms. The van der Waals surface area contributed by atoms with Crippen LogP contribution in [-0.2, 0) is 5.75 Å². The first-order valence-electron chi connectivity index (χ1n) is 4.75. The predicted molar refractivity (Wildman–Crippen MR) is 64.5 cm³/mol. The highest BCUT2D eigenvalue weighted by Gasteiger charge is 2.02. The fraction of sp³-hybridized carbons (Fsp3) is 0.273. The Labute approximate surface area is 87.9 Å². The largest absolute Gasteiger partial charge is 0.398 e. The summed E-state index contributed by atoms with van der Waals surface area (Å²) in [6.07, 6.45) is 0. The molecule has 0 aliphatic carbocycles. The van der Waals surface area contributed by atoms with E-state index >= 15 is 0 Å². The molecule has 0 fully saturated rings. The van der Waals surface area contributed by atoms with Crippen LogP contribution in [0.2, 0.25) is 0 Å². The summed E-state index contributed by atoms with van der Waals surface area (Å²) in [5.74, 6) is 2.18. The second-order valence-electron chi connectivity index (χ2n) is 3.24. The molecule has 1 aromatic heterocycles. The van der Waals surface area contributed by atoms with Crippen molar-refractivity contribution in [2.45, 2.75) is 12.7 Å². The Morgan fingerprint density at radius 3 is 3.00 bits per heavy atom. The van der Waals surface area contributed by atoms with Crippen molar-refractivity contribution in [2.75, 3.05) is 11.5 Å². The quantitative estimate of drug-likeness (QED) is 0.758. The zero-order valence-electron chi connectivity index (χ0n) is 8.21. The second-order valence-corrected chi connectivity index (χ2v) is 4.51. The molecular formula is C11H14N2S. The van der Waals surface area contributed by atoms with Gasteiger partial charge in [-0.3, -0.25) is 0 Å². The maximum Gasteiger partial charge on any atom is 0.0477 e. The summed E-state index contributed by atoms with van der Waals surface area (Å²) in [7, 11) is 0. The standard InChI is InChI=1S/C11H14N2S/c1-2-14-7-8-6-9-10(12)4-3-5-11(9)13-8/h3-6,13H,2,7,12H2,1H3. The lowest BCUT2D eigenvalue weighted by Crippen LogP contribution is -1.82. The summed E-state index contributed by atoms with van der Waals surface area (Å²) in [6, 6.07) is 8.12. The predicted octanol–water partition coefficient (Wildman–Crippen LogP) is 3.00. The number of H-pyrrole nitrogens is 1. The molecule has 0 atom stereocenters. The van der Waals surface area contributed by atoms with E-state index in [2.05, 4.69) is 24.0 Å². The highest BCUT2D eigenvalue weighted by molar-refractivity contribution is 7.98. The fourth-order valence-electron chi connectivity index (χ4n) is 1.53. The molecule has 2 nitrogen and oxygen atoms in total. The maximum atomic E-state index is 5.87. The number of nitrogens with one attached hydrogen (secondary N) is 1. The van der Waals surface area contributed by atoms with Crippen molar-refractivity contribution >= 4 is 28.4 Å². The average Bonchev–Trinajstić information content (AvgIpc) is 2.59. The molecule has 74 valence electrons. The summed E-state index contributed by atoms with van der Waals surface area (Å²) in [6.45, 7) is 2.17. The van der Waals surface area contributed by atoms with Gasteiger partial charge in [-0.1, -0.05) is 13.0 Å². The van der Waals surface area contributed by atoms with Crippen molar-refractivity contribution in [3.8, 4) is 0 Å². The number of aromatic amines is 1. The molecular weight excluding hydrogens is 192 g/mol. The molecule has 0 bridgehead atoms. The Morgan fingerprint density at radius 2 is 2.29 bits per heavy atom. The van der Waals surface area contributed by atoms with Crippen molar-refractivity contribution in [3.63, 3.8) is 0 Å². The minimum atomic E-state index is 0.853. The van der Waals surface area contributed by atoms with Gasteiger partial charge in [0.1, 0.15) is 0 Å². The molecule has 3 N–H and O–H groups in total. The molecule has 1 aromatic carbocycles. The van der Waals surface area contributed by atoms with E-state index in [1.165, 1.54) is 5.69 Å². The lowest BCUT2D eigenvalue weighted by molar-refractivity contribution is 1.26. The van der Waals surface area contributed by atoms with E-state index in [0.29, 0.717) is 0 Å². The molecule has 0 saturated heterocycles. The van der Waals surface area contributed by atoms with Gasteiger partial charge in [-0.05, 0) is 24.0 Å². The van der Waals surface area contributed by atoms with Gasteiger partial charge in [0.2, 0.25) is 0 Å². The van der Waals surface area contributed by atoms with Gasteiger partial charge in [-0.2, -0.15) is 11.8 Å². The van der Waals surface area contributed by atoms with Gasteiger partial charge in [0.25, 0.3) is 0 Å². The zero-order chi connectivity index (χ0) is 9.97. The van der Waals surface area contributed by atoms with Crippen LogP contribution in [-0.4, -0.2) is 10.7 Å². The van der Waals surface area contributed by atoms with Gasteiger partial charge in [-0.25, -0.2) is 0 Å². The Hall–Kier alpha value is -1.09. The van der Waals surface area contributed by atoms with Gasteiger partial charge in [0, 0.05) is 28.0 Å². The highest BCUT2D eigenvalue weighted by Crippen LogP contribution is 2.23. The number of rotatable bonds is 3. The summed E-state index contributed by atoms with van der Waals surface area (Å²) in [5, 5.41) is 1.14. The molecule has 0 amide bonds. The molecule has 2 rings (SSSR count). The van der Waals surface area contributed by atoms with E-state index in [-0.39, 0.29) is 0 Å². The number of benzene rings is 1. The second kappa shape index (κ2) is 3.96. The molecule has 2 aromatic rings. The lowest BCUT2D eigenvalue weighted by Gasteiger charge is -1.92. The van der Waals surface area contributed by atoms with Crippen LogP contribution < -0.4 is 5.73 Å². The lowest BCUT2D eigenvalue weighted by atomic mass is 10.2. The third-order valence-electron chi connectivity index (χ3n) is 2.22. The summed E-state index contributed by atoms with van der Waals surface area (Å²) in [4.78, 5) is 3.37. The van der Waals surface area contributed by atoms with Crippen LogP contribution >= 0.6 is 11.8 Å².